The van der Waals surface area contributed by atoms with Crippen LogP contribution < -0.4 is 0 Å². The minimum absolute atomic E-state index is 0. The van der Waals surface area contributed by atoms with Crippen LogP contribution in [-0.4, -0.2) is 0 Å². The minimum atomic E-state index is 0. The maximum Gasteiger partial charge on any atom is -0.0100 e. The fourth-order valence-corrected chi connectivity index (χ4v) is 0.781. The van der Waals surface area contributed by atoms with Crippen molar-refractivity contribution in [3.8, 4) is 0 Å². The van der Waals surface area contributed by atoms with Crippen LogP contribution in [0.2, 0.25) is 0 Å². The monoisotopic (exact) mass is 246 g/mol. The van der Waals surface area contributed by atoms with Gasteiger partial charge >= 0.3 is 0 Å². The molecule has 0 amide bonds. The van der Waals surface area contributed by atoms with Crippen molar-refractivity contribution in [1.82, 2.24) is 0 Å². The molecule has 1 rings (SSSR count). The van der Waals surface area contributed by atoms with Crippen molar-refractivity contribution in [2.45, 2.75) is 6.42 Å². The Morgan fingerprint density at radius 1 is 1.20 bits per heavy atom. The Hall–Kier alpha value is -0.310. The van der Waals surface area contributed by atoms with Crippen molar-refractivity contribution in [3.63, 3.8) is 0 Å². The molecule has 0 unspecified atom stereocenters. The summed E-state index contributed by atoms with van der Waals surface area (Å²) in [6.07, 6.45) is 2.89. The first kappa shape index (κ1) is 9.69. The predicted octanol–water partition coefficient (Wildman–Crippen LogP) is 3.03. The summed E-state index contributed by atoms with van der Waals surface area (Å²) in [4.78, 5) is 0. The van der Waals surface area contributed by atoms with Gasteiger partial charge in [0.25, 0.3) is 0 Å². The Balaban J connectivity index is 0.000000810. The van der Waals surface area contributed by atoms with E-state index in [1.165, 1.54) is 5.56 Å². The van der Waals surface area contributed by atoms with Crippen LogP contribution in [0.1, 0.15) is 5.56 Å². The molecule has 0 aromatic heterocycles. The average Bonchev–Trinajstić information content (AvgIpc) is 1.91. The largest absolute Gasteiger partial charge is 0.107 e. The van der Waals surface area contributed by atoms with Crippen LogP contribution in [0.25, 0.3) is 0 Å². The molecule has 0 fully saturated rings. The minimum Gasteiger partial charge on any atom is -0.107 e. The average molecular weight is 246 g/mol. The summed E-state index contributed by atoms with van der Waals surface area (Å²) in [6, 6.07) is 10.3. The molecule has 10 heavy (non-hydrogen) atoms. The van der Waals surface area contributed by atoms with Gasteiger partial charge in [0.15, 0.2) is 0 Å². The predicted molar refractivity (Wildman–Crippen MR) is 55.8 cm³/mol. The van der Waals surface area contributed by atoms with Gasteiger partial charge in [0.05, 0.1) is 0 Å². The standard InChI is InChI=1S/C9H10.HI/c1-2-6-9-7-4-3-5-8-9;/h2-5,7-8H,1,6H2;1H. The van der Waals surface area contributed by atoms with Gasteiger partial charge in [-0.15, -0.1) is 30.6 Å². The molecule has 1 aromatic carbocycles. The van der Waals surface area contributed by atoms with Crippen molar-refractivity contribution < 1.29 is 0 Å². The SMILES string of the molecule is C=CCc1ccccc1.I. The van der Waals surface area contributed by atoms with Gasteiger partial charge in [-0.1, -0.05) is 36.4 Å². The summed E-state index contributed by atoms with van der Waals surface area (Å²) in [6.45, 7) is 3.66. The lowest BCUT2D eigenvalue weighted by atomic mass is 10.2. The van der Waals surface area contributed by atoms with Crippen molar-refractivity contribution in [1.29, 1.82) is 0 Å². The number of hydrogen-bond donors (Lipinski definition) is 0. The number of halogens is 1. The molecule has 1 heteroatoms. The molecular weight excluding hydrogens is 235 g/mol. The zero-order chi connectivity index (χ0) is 6.53. The molecule has 0 saturated carbocycles. The summed E-state index contributed by atoms with van der Waals surface area (Å²) in [7, 11) is 0. The lowest BCUT2D eigenvalue weighted by molar-refractivity contribution is 1.28. The van der Waals surface area contributed by atoms with Crippen molar-refractivity contribution in [3.05, 3.63) is 48.6 Å². The fraction of sp³-hybridized carbons (Fsp3) is 0.111. The van der Waals surface area contributed by atoms with Gasteiger partial charge in [-0.05, 0) is 12.0 Å². The van der Waals surface area contributed by atoms with E-state index in [9.17, 15) is 0 Å². The second-order valence-electron chi connectivity index (χ2n) is 1.98. The quantitative estimate of drug-likeness (QED) is 0.555. The van der Waals surface area contributed by atoms with Gasteiger partial charge in [0, 0.05) is 0 Å². The van der Waals surface area contributed by atoms with Crippen LogP contribution >= 0.6 is 24.0 Å². The Labute approximate surface area is 79.0 Å². The van der Waals surface area contributed by atoms with Gasteiger partial charge < -0.3 is 0 Å². The highest BCUT2D eigenvalue weighted by Crippen LogP contribution is 1.98. The van der Waals surface area contributed by atoms with Crippen LogP contribution in [0.15, 0.2) is 43.0 Å². The van der Waals surface area contributed by atoms with E-state index in [1.807, 2.05) is 24.3 Å². The first-order valence-electron chi connectivity index (χ1n) is 3.08. The third kappa shape index (κ3) is 3.01. The van der Waals surface area contributed by atoms with E-state index in [1.54, 1.807) is 0 Å². The molecule has 0 heterocycles. The molecule has 0 spiro atoms. The first-order chi connectivity index (χ1) is 4.43. The van der Waals surface area contributed by atoms with E-state index in [0.29, 0.717) is 0 Å². The van der Waals surface area contributed by atoms with E-state index < -0.39 is 0 Å². The molecule has 0 N–H and O–H groups in total. The summed E-state index contributed by atoms with van der Waals surface area (Å²) >= 11 is 0. The molecule has 0 nitrogen and oxygen atoms in total. The van der Waals surface area contributed by atoms with Crippen LogP contribution in [0.4, 0.5) is 0 Å². The van der Waals surface area contributed by atoms with Gasteiger partial charge in [-0.3, -0.25) is 0 Å². The maximum absolute atomic E-state index is 3.66. The zero-order valence-corrected chi connectivity index (χ0v) is 8.12. The van der Waals surface area contributed by atoms with Crippen LogP contribution in [-0.2, 0) is 6.42 Å². The molecule has 0 aliphatic heterocycles. The number of hydrogen-bond acceptors (Lipinski definition) is 0. The third-order valence-corrected chi connectivity index (χ3v) is 1.22. The molecule has 0 saturated heterocycles. The topological polar surface area (TPSA) is 0 Å². The van der Waals surface area contributed by atoms with E-state index in [2.05, 4.69) is 18.7 Å². The molecule has 0 bridgehead atoms. The third-order valence-electron chi connectivity index (χ3n) is 1.22. The van der Waals surface area contributed by atoms with E-state index in [-0.39, 0.29) is 24.0 Å². The number of rotatable bonds is 2. The van der Waals surface area contributed by atoms with Crippen molar-refractivity contribution in [2.24, 2.45) is 0 Å². The second-order valence-corrected chi connectivity index (χ2v) is 1.98. The smallest absolute Gasteiger partial charge is 0.0100 e. The van der Waals surface area contributed by atoms with Gasteiger partial charge in [0.2, 0.25) is 0 Å². The molecular formula is C9H11I. The van der Waals surface area contributed by atoms with E-state index in [4.69, 9.17) is 0 Å². The highest BCUT2D eigenvalue weighted by Gasteiger charge is 1.82. The lowest BCUT2D eigenvalue weighted by Crippen LogP contribution is -1.75. The Bertz CT molecular complexity index is 179. The molecule has 0 aliphatic rings. The molecule has 0 atom stereocenters. The summed E-state index contributed by atoms with van der Waals surface area (Å²) in [5.74, 6) is 0. The molecule has 1 aromatic rings. The van der Waals surface area contributed by atoms with Crippen molar-refractivity contribution >= 4 is 24.0 Å². The maximum atomic E-state index is 3.66. The molecule has 0 aliphatic carbocycles. The summed E-state index contributed by atoms with van der Waals surface area (Å²) in [5.41, 5.74) is 1.33. The highest BCUT2D eigenvalue weighted by molar-refractivity contribution is 14.0. The summed E-state index contributed by atoms with van der Waals surface area (Å²) in [5, 5.41) is 0. The van der Waals surface area contributed by atoms with Crippen LogP contribution in [0.3, 0.4) is 0 Å². The van der Waals surface area contributed by atoms with Crippen LogP contribution in [0, 0.1) is 0 Å². The first-order valence-corrected chi connectivity index (χ1v) is 3.08. The highest BCUT2D eigenvalue weighted by atomic mass is 127. The van der Waals surface area contributed by atoms with Gasteiger partial charge in [-0.25, -0.2) is 0 Å². The molecule has 54 valence electrons. The van der Waals surface area contributed by atoms with Gasteiger partial charge in [0.1, 0.15) is 0 Å². The second kappa shape index (κ2) is 5.47. The fourth-order valence-electron chi connectivity index (χ4n) is 0.781. The molecule has 0 radical (unpaired) electrons. The number of allylic oxidation sites excluding steroid dienone is 1. The number of benzene rings is 1. The van der Waals surface area contributed by atoms with E-state index in [0.717, 1.165) is 6.42 Å². The normalized spacial score (nSPS) is 8.00. The zero-order valence-electron chi connectivity index (χ0n) is 5.79. The van der Waals surface area contributed by atoms with Gasteiger partial charge in [-0.2, -0.15) is 0 Å². The summed E-state index contributed by atoms with van der Waals surface area (Å²) < 4.78 is 0. The van der Waals surface area contributed by atoms with Crippen molar-refractivity contribution in [2.75, 3.05) is 0 Å². The van der Waals surface area contributed by atoms with E-state index >= 15 is 0 Å². The lowest BCUT2D eigenvalue weighted by Gasteiger charge is -1.91. The Kier molecular flexibility index (Phi) is 5.30. The Morgan fingerprint density at radius 2 is 1.80 bits per heavy atom. The van der Waals surface area contributed by atoms with Crippen LogP contribution in [0.5, 0.6) is 0 Å². The Morgan fingerprint density at radius 3 is 2.30 bits per heavy atom.